The maximum atomic E-state index is 11.5. The van der Waals surface area contributed by atoms with Crippen molar-refractivity contribution in [1.82, 2.24) is 5.65 Å². The molecule has 74 valence electrons. The molecule has 0 spiro atoms. The predicted molar refractivity (Wildman–Crippen MR) is 53.8 cm³/mol. The van der Waals surface area contributed by atoms with Crippen LogP contribution in [0.3, 0.4) is 0 Å². The van der Waals surface area contributed by atoms with Crippen molar-refractivity contribution in [1.29, 1.82) is 0 Å². The van der Waals surface area contributed by atoms with Crippen molar-refractivity contribution in [3.8, 4) is 5.75 Å². The van der Waals surface area contributed by atoms with Crippen LogP contribution in [0.15, 0.2) is 36.0 Å². The van der Waals surface area contributed by atoms with E-state index in [1.54, 1.807) is 24.3 Å². The number of nitrogens with zero attached hydrogens (tertiary/aromatic N) is 1. The molecule has 1 aromatic carbocycles. The Labute approximate surface area is 81.5 Å². The minimum Gasteiger partial charge on any atom is -0.507 e. The zero-order valence-electron chi connectivity index (χ0n) is 7.57. The summed E-state index contributed by atoms with van der Waals surface area (Å²) < 4.78 is 11.5. The standard InChI is InChI=1S/C10H11FN2O/c1-2-4-8-5-3-6-9(10(8)14)7-12-13-11/h2-3,5-7,13-14H,1,4H2/b12-7+. The number of hydrogen-bond donors (Lipinski definition) is 2. The molecule has 0 heterocycles. The van der Waals surface area contributed by atoms with Crippen molar-refractivity contribution in [3.63, 3.8) is 0 Å². The third kappa shape index (κ3) is 2.32. The van der Waals surface area contributed by atoms with E-state index in [2.05, 4.69) is 11.7 Å². The molecule has 0 saturated carbocycles. The molecule has 4 heteroatoms. The second-order valence-corrected chi connectivity index (χ2v) is 2.69. The van der Waals surface area contributed by atoms with Crippen LogP contribution >= 0.6 is 0 Å². The fourth-order valence-corrected chi connectivity index (χ4v) is 1.13. The van der Waals surface area contributed by atoms with Gasteiger partial charge in [-0.15, -0.1) is 12.2 Å². The largest absolute Gasteiger partial charge is 0.507 e. The number of halogens is 1. The van der Waals surface area contributed by atoms with Gasteiger partial charge in [0.05, 0.1) is 6.21 Å². The highest BCUT2D eigenvalue weighted by Crippen LogP contribution is 2.21. The summed E-state index contributed by atoms with van der Waals surface area (Å²) in [5.74, 6) is 0.103. The Morgan fingerprint density at radius 2 is 2.36 bits per heavy atom. The molecule has 0 saturated heterocycles. The molecule has 0 aliphatic carbocycles. The SMILES string of the molecule is C=CCc1cccc(/C=N/NF)c1O. The van der Waals surface area contributed by atoms with Crippen LogP contribution in [0.1, 0.15) is 11.1 Å². The van der Waals surface area contributed by atoms with Crippen molar-refractivity contribution in [2.24, 2.45) is 5.10 Å². The van der Waals surface area contributed by atoms with Gasteiger partial charge >= 0.3 is 0 Å². The number of phenolic OH excluding ortho intramolecular Hbond substituents is 1. The molecule has 0 amide bonds. The second kappa shape index (κ2) is 5.01. The van der Waals surface area contributed by atoms with E-state index in [9.17, 15) is 9.59 Å². The number of hydrogen-bond acceptors (Lipinski definition) is 3. The van der Waals surface area contributed by atoms with Crippen LogP contribution in [-0.2, 0) is 6.42 Å². The summed E-state index contributed by atoms with van der Waals surface area (Å²) in [5, 5.41) is 12.8. The summed E-state index contributed by atoms with van der Waals surface area (Å²) in [6, 6.07) is 5.18. The first-order valence-electron chi connectivity index (χ1n) is 4.10. The topological polar surface area (TPSA) is 44.6 Å². The molecule has 0 aromatic heterocycles. The average Bonchev–Trinajstić information content (AvgIpc) is 2.20. The second-order valence-electron chi connectivity index (χ2n) is 2.69. The fraction of sp³-hybridized carbons (Fsp3) is 0.100. The molecule has 0 atom stereocenters. The van der Waals surface area contributed by atoms with Crippen LogP contribution in [0.4, 0.5) is 4.48 Å². The normalized spacial score (nSPS) is 10.4. The average molecular weight is 194 g/mol. The van der Waals surface area contributed by atoms with Crippen LogP contribution in [-0.4, -0.2) is 11.3 Å². The van der Waals surface area contributed by atoms with Crippen molar-refractivity contribution >= 4 is 6.21 Å². The van der Waals surface area contributed by atoms with E-state index in [1.165, 1.54) is 6.21 Å². The number of rotatable bonds is 4. The maximum Gasteiger partial charge on any atom is 0.127 e. The number of benzene rings is 1. The number of nitrogens with one attached hydrogen (secondary N) is 1. The molecule has 1 rings (SSSR count). The first-order chi connectivity index (χ1) is 6.79. The molecule has 0 aliphatic heterocycles. The maximum absolute atomic E-state index is 11.5. The third-order valence-electron chi connectivity index (χ3n) is 1.77. The van der Waals surface area contributed by atoms with Crippen LogP contribution in [0, 0.1) is 0 Å². The zero-order chi connectivity index (χ0) is 10.4. The van der Waals surface area contributed by atoms with Gasteiger partial charge in [0, 0.05) is 5.56 Å². The Morgan fingerprint density at radius 1 is 1.57 bits per heavy atom. The van der Waals surface area contributed by atoms with Crippen LogP contribution in [0.5, 0.6) is 5.75 Å². The predicted octanol–water partition coefficient (Wildman–Crippen LogP) is 1.93. The molecular formula is C10H11FN2O. The minimum atomic E-state index is 0.103. The number of aromatic hydroxyl groups is 1. The lowest BCUT2D eigenvalue weighted by Crippen LogP contribution is -1.92. The van der Waals surface area contributed by atoms with Crippen molar-refractivity contribution < 1.29 is 9.59 Å². The zero-order valence-corrected chi connectivity index (χ0v) is 7.57. The Bertz CT molecular complexity index is 350. The Kier molecular flexibility index (Phi) is 3.67. The lowest BCUT2D eigenvalue weighted by atomic mass is 10.1. The number of allylic oxidation sites excluding steroid dienone is 1. The highest BCUT2D eigenvalue weighted by molar-refractivity contribution is 5.83. The van der Waals surface area contributed by atoms with E-state index in [4.69, 9.17) is 0 Å². The van der Waals surface area contributed by atoms with E-state index in [-0.39, 0.29) is 5.75 Å². The van der Waals surface area contributed by atoms with E-state index in [0.29, 0.717) is 12.0 Å². The highest BCUT2D eigenvalue weighted by atomic mass is 19.2. The van der Waals surface area contributed by atoms with Crippen LogP contribution in [0.2, 0.25) is 0 Å². The Morgan fingerprint density at radius 3 is 3.00 bits per heavy atom. The summed E-state index contributed by atoms with van der Waals surface area (Å²) in [6.07, 6.45) is 3.46. The first-order valence-corrected chi connectivity index (χ1v) is 4.10. The molecule has 0 bridgehead atoms. The van der Waals surface area contributed by atoms with Crippen molar-refractivity contribution in [2.75, 3.05) is 0 Å². The number of hydrazone groups is 1. The number of para-hydroxylation sites is 1. The molecule has 2 N–H and O–H groups in total. The monoisotopic (exact) mass is 194 g/mol. The van der Waals surface area contributed by atoms with Crippen LogP contribution < -0.4 is 5.65 Å². The lowest BCUT2D eigenvalue weighted by molar-refractivity contribution is 0.348. The molecule has 1 aromatic rings. The van der Waals surface area contributed by atoms with Gasteiger partial charge in [-0.05, 0) is 18.1 Å². The minimum absolute atomic E-state index is 0.103. The summed E-state index contributed by atoms with van der Waals surface area (Å²) in [6.45, 7) is 3.57. The molecule has 3 nitrogen and oxygen atoms in total. The summed E-state index contributed by atoms with van der Waals surface area (Å²) >= 11 is 0. The molecule has 14 heavy (non-hydrogen) atoms. The van der Waals surface area contributed by atoms with E-state index in [0.717, 1.165) is 11.2 Å². The quantitative estimate of drug-likeness (QED) is 0.333. The Hall–Kier alpha value is -1.84. The fourth-order valence-electron chi connectivity index (χ4n) is 1.13. The van der Waals surface area contributed by atoms with Crippen LogP contribution in [0.25, 0.3) is 0 Å². The molecular weight excluding hydrogens is 183 g/mol. The Balaban J connectivity index is 3.00. The van der Waals surface area contributed by atoms with Crippen molar-refractivity contribution in [2.45, 2.75) is 6.42 Å². The molecule has 0 fully saturated rings. The van der Waals surface area contributed by atoms with E-state index >= 15 is 0 Å². The lowest BCUT2D eigenvalue weighted by Gasteiger charge is -2.03. The molecule has 0 aliphatic rings. The van der Waals surface area contributed by atoms with Gasteiger partial charge in [-0.2, -0.15) is 5.10 Å². The molecule has 0 unspecified atom stereocenters. The highest BCUT2D eigenvalue weighted by Gasteiger charge is 2.02. The summed E-state index contributed by atoms with van der Waals surface area (Å²) in [4.78, 5) is 0. The van der Waals surface area contributed by atoms with Gasteiger partial charge in [-0.1, -0.05) is 22.7 Å². The summed E-state index contributed by atoms with van der Waals surface area (Å²) in [5.41, 5.74) is 2.34. The third-order valence-corrected chi connectivity index (χ3v) is 1.77. The smallest absolute Gasteiger partial charge is 0.127 e. The van der Waals surface area contributed by atoms with Crippen molar-refractivity contribution in [3.05, 3.63) is 42.0 Å². The van der Waals surface area contributed by atoms with Gasteiger partial charge in [0.1, 0.15) is 5.75 Å². The first kappa shape index (κ1) is 10.2. The van der Waals surface area contributed by atoms with Gasteiger partial charge < -0.3 is 5.11 Å². The summed E-state index contributed by atoms with van der Waals surface area (Å²) in [7, 11) is 0. The van der Waals surface area contributed by atoms with Gasteiger partial charge in [0.2, 0.25) is 0 Å². The van der Waals surface area contributed by atoms with E-state index in [1.807, 2.05) is 0 Å². The number of phenols is 1. The van der Waals surface area contributed by atoms with Gasteiger partial charge in [0.15, 0.2) is 0 Å². The van der Waals surface area contributed by atoms with Gasteiger partial charge in [0.25, 0.3) is 0 Å². The van der Waals surface area contributed by atoms with Gasteiger partial charge in [-0.3, -0.25) is 0 Å². The van der Waals surface area contributed by atoms with E-state index < -0.39 is 0 Å². The van der Waals surface area contributed by atoms with Gasteiger partial charge in [-0.25, -0.2) is 0 Å². The molecule has 0 radical (unpaired) electrons.